The molecule has 30 heavy (non-hydrogen) atoms. The minimum Gasteiger partial charge on any atom is -0.326 e. The summed E-state index contributed by atoms with van der Waals surface area (Å²) in [5.74, 6) is 1.55. The topological polar surface area (TPSA) is 48.0 Å². The molecule has 6 heteroatoms. The van der Waals surface area contributed by atoms with E-state index < -0.39 is 0 Å². The van der Waals surface area contributed by atoms with Gasteiger partial charge in [0.05, 0.1) is 28.6 Å². The maximum atomic E-state index is 13.4. The van der Waals surface area contributed by atoms with Crippen molar-refractivity contribution in [3.05, 3.63) is 64.8 Å². The van der Waals surface area contributed by atoms with Gasteiger partial charge in [0, 0.05) is 19.6 Å². The van der Waals surface area contributed by atoms with E-state index in [1.165, 1.54) is 0 Å². The van der Waals surface area contributed by atoms with Gasteiger partial charge in [-0.15, -0.1) is 0 Å². The van der Waals surface area contributed by atoms with Crippen LogP contribution in [0.5, 0.6) is 0 Å². The Kier molecular flexibility index (Phi) is 5.77. The van der Waals surface area contributed by atoms with Crippen LogP contribution in [0.1, 0.15) is 26.1 Å². The summed E-state index contributed by atoms with van der Waals surface area (Å²) in [5.41, 5.74) is 4.09. The van der Waals surface area contributed by atoms with Crippen molar-refractivity contribution in [2.45, 2.75) is 39.9 Å². The standard InChI is InChI=1S/C24H31N5O/c1-18(2)13-14-27-20-10-6-5-9-19(20)25-23(27)17-29-22-12-8-7-11-21(22)28(24(29)30)16-15-26(3)4/h5-12,18H,13-17H2,1-4H3. The van der Waals surface area contributed by atoms with Crippen molar-refractivity contribution in [2.75, 3.05) is 20.6 Å². The lowest BCUT2D eigenvalue weighted by molar-refractivity contribution is 0.382. The first kappa shape index (κ1) is 20.4. The molecule has 0 saturated carbocycles. The summed E-state index contributed by atoms with van der Waals surface area (Å²) >= 11 is 0. The molecule has 6 nitrogen and oxygen atoms in total. The van der Waals surface area contributed by atoms with Crippen LogP contribution >= 0.6 is 0 Å². The van der Waals surface area contributed by atoms with Crippen molar-refractivity contribution in [2.24, 2.45) is 5.92 Å². The Bertz CT molecular complexity index is 1210. The molecule has 0 unspecified atom stereocenters. The zero-order valence-corrected chi connectivity index (χ0v) is 18.4. The molecule has 0 saturated heterocycles. The Hall–Kier alpha value is -2.86. The van der Waals surface area contributed by atoms with Crippen molar-refractivity contribution >= 4 is 22.1 Å². The number of aromatic nitrogens is 4. The van der Waals surface area contributed by atoms with Crippen LogP contribution in [0.15, 0.2) is 53.3 Å². The highest BCUT2D eigenvalue weighted by atomic mass is 16.1. The summed E-state index contributed by atoms with van der Waals surface area (Å²) in [7, 11) is 4.06. The predicted molar refractivity (Wildman–Crippen MR) is 123 cm³/mol. The molecule has 0 aliphatic rings. The van der Waals surface area contributed by atoms with Crippen LogP contribution in [0, 0.1) is 5.92 Å². The zero-order chi connectivity index (χ0) is 21.3. The normalized spacial score (nSPS) is 12.1. The minimum atomic E-state index is 0.0283. The fourth-order valence-electron chi connectivity index (χ4n) is 3.97. The number of hydrogen-bond acceptors (Lipinski definition) is 3. The Morgan fingerprint density at radius 1 is 0.867 bits per heavy atom. The highest BCUT2D eigenvalue weighted by molar-refractivity contribution is 5.77. The van der Waals surface area contributed by atoms with Crippen LogP contribution in [0.3, 0.4) is 0 Å². The van der Waals surface area contributed by atoms with E-state index in [4.69, 9.17) is 4.98 Å². The van der Waals surface area contributed by atoms with E-state index in [-0.39, 0.29) is 5.69 Å². The molecule has 0 aliphatic carbocycles. The molecule has 2 aromatic carbocycles. The molecule has 0 atom stereocenters. The third-order valence-corrected chi connectivity index (χ3v) is 5.66. The van der Waals surface area contributed by atoms with Gasteiger partial charge >= 0.3 is 5.69 Å². The van der Waals surface area contributed by atoms with Gasteiger partial charge in [-0.3, -0.25) is 9.13 Å². The number of benzene rings is 2. The van der Waals surface area contributed by atoms with E-state index in [1.54, 1.807) is 0 Å². The summed E-state index contributed by atoms with van der Waals surface area (Å²) < 4.78 is 6.04. The van der Waals surface area contributed by atoms with Gasteiger partial charge in [-0.1, -0.05) is 38.1 Å². The lowest BCUT2D eigenvalue weighted by atomic mass is 10.1. The third kappa shape index (κ3) is 3.92. The zero-order valence-electron chi connectivity index (χ0n) is 18.4. The fourth-order valence-corrected chi connectivity index (χ4v) is 3.97. The van der Waals surface area contributed by atoms with Crippen LogP contribution < -0.4 is 5.69 Å². The molecular weight excluding hydrogens is 374 g/mol. The second kappa shape index (κ2) is 8.48. The molecule has 4 aromatic rings. The lowest BCUT2D eigenvalue weighted by Gasteiger charge is -2.12. The molecule has 0 fully saturated rings. The number of hydrogen-bond donors (Lipinski definition) is 0. The molecule has 4 rings (SSSR count). The SMILES string of the molecule is CC(C)CCn1c(Cn2c(=O)n(CCN(C)C)c3ccccc32)nc2ccccc21. The van der Waals surface area contributed by atoms with Crippen molar-refractivity contribution in [1.82, 2.24) is 23.6 Å². The van der Waals surface area contributed by atoms with E-state index in [9.17, 15) is 4.79 Å². The Balaban J connectivity index is 1.79. The van der Waals surface area contributed by atoms with Gasteiger partial charge in [0.2, 0.25) is 0 Å². The second-order valence-electron chi connectivity index (χ2n) is 8.66. The largest absolute Gasteiger partial charge is 0.329 e. The molecule has 2 heterocycles. The van der Waals surface area contributed by atoms with E-state index in [0.29, 0.717) is 19.0 Å². The molecule has 0 bridgehead atoms. The molecule has 0 aliphatic heterocycles. The van der Waals surface area contributed by atoms with Gasteiger partial charge in [0.15, 0.2) is 0 Å². The maximum absolute atomic E-state index is 13.4. The molecule has 158 valence electrons. The smallest absolute Gasteiger partial charge is 0.326 e. The first-order chi connectivity index (χ1) is 14.5. The molecule has 0 N–H and O–H groups in total. The molecule has 0 amide bonds. The van der Waals surface area contributed by atoms with Crippen LogP contribution in [0.4, 0.5) is 0 Å². The van der Waals surface area contributed by atoms with Crippen LogP contribution in [0.2, 0.25) is 0 Å². The number of rotatable bonds is 8. The predicted octanol–water partition coefficient (Wildman–Crippen LogP) is 3.81. The molecule has 0 spiro atoms. The van der Waals surface area contributed by atoms with Crippen LogP contribution in [0.25, 0.3) is 22.1 Å². The summed E-state index contributed by atoms with van der Waals surface area (Å²) in [6, 6.07) is 16.3. The summed E-state index contributed by atoms with van der Waals surface area (Å²) in [4.78, 5) is 20.4. The van der Waals surface area contributed by atoms with Crippen molar-refractivity contribution in [1.29, 1.82) is 0 Å². The Labute approximate surface area is 177 Å². The minimum absolute atomic E-state index is 0.0283. The van der Waals surface area contributed by atoms with Gasteiger partial charge in [0.1, 0.15) is 5.82 Å². The number of aryl methyl sites for hydroxylation is 1. The van der Waals surface area contributed by atoms with Crippen molar-refractivity contribution < 1.29 is 0 Å². The molecule has 0 radical (unpaired) electrons. The highest BCUT2D eigenvalue weighted by Crippen LogP contribution is 2.20. The van der Waals surface area contributed by atoms with Crippen molar-refractivity contribution in [3.63, 3.8) is 0 Å². The van der Waals surface area contributed by atoms with E-state index in [2.05, 4.69) is 35.4 Å². The number of fused-ring (bicyclic) bond motifs is 2. The Morgan fingerprint density at radius 2 is 1.50 bits per heavy atom. The highest BCUT2D eigenvalue weighted by Gasteiger charge is 2.17. The van der Waals surface area contributed by atoms with Crippen LogP contribution in [-0.2, 0) is 19.6 Å². The van der Waals surface area contributed by atoms with E-state index in [0.717, 1.165) is 47.4 Å². The first-order valence-electron chi connectivity index (χ1n) is 10.7. The number of imidazole rings is 2. The van der Waals surface area contributed by atoms with Gasteiger partial charge in [-0.25, -0.2) is 9.78 Å². The van der Waals surface area contributed by atoms with Crippen molar-refractivity contribution in [3.8, 4) is 0 Å². The number of para-hydroxylation sites is 4. The average molecular weight is 406 g/mol. The van der Waals surface area contributed by atoms with Crippen LogP contribution in [-0.4, -0.2) is 44.2 Å². The molecular formula is C24H31N5O. The fraction of sp³-hybridized carbons (Fsp3) is 0.417. The summed E-state index contributed by atoms with van der Waals surface area (Å²) in [6.45, 7) is 7.34. The first-order valence-corrected chi connectivity index (χ1v) is 10.7. The summed E-state index contributed by atoms with van der Waals surface area (Å²) in [6.07, 6.45) is 1.08. The maximum Gasteiger partial charge on any atom is 0.329 e. The second-order valence-corrected chi connectivity index (χ2v) is 8.66. The quantitative estimate of drug-likeness (QED) is 0.448. The third-order valence-electron chi connectivity index (χ3n) is 5.66. The monoisotopic (exact) mass is 405 g/mol. The van der Waals surface area contributed by atoms with Gasteiger partial charge in [-0.2, -0.15) is 0 Å². The lowest BCUT2D eigenvalue weighted by Crippen LogP contribution is -2.29. The van der Waals surface area contributed by atoms with E-state index in [1.807, 2.05) is 59.6 Å². The Morgan fingerprint density at radius 3 is 2.17 bits per heavy atom. The van der Waals surface area contributed by atoms with Gasteiger partial charge in [0.25, 0.3) is 0 Å². The average Bonchev–Trinajstić information content (AvgIpc) is 3.20. The van der Waals surface area contributed by atoms with E-state index >= 15 is 0 Å². The number of likely N-dealkylation sites (N-methyl/N-ethyl adjacent to an activating group) is 1. The summed E-state index contributed by atoms with van der Waals surface area (Å²) in [5, 5.41) is 0. The molecule has 2 aromatic heterocycles. The van der Waals surface area contributed by atoms with Gasteiger partial charge < -0.3 is 9.47 Å². The van der Waals surface area contributed by atoms with Gasteiger partial charge in [-0.05, 0) is 50.7 Å². The number of nitrogens with zero attached hydrogens (tertiary/aromatic N) is 5.